The molecule has 4 nitrogen and oxygen atoms in total. The van der Waals surface area contributed by atoms with Gasteiger partial charge in [-0.25, -0.2) is 13.8 Å². The first-order valence-corrected chi connectivity index (χ1v) is 7.14. The summed E-state index contributed by atoms with van der Waals surface area (Å²) in [6.07, 6.45) is 0. The number of rotatable bonds is 4. The van der Waals surface area contributed by atoms with Gasteiger partial charge in [-0.05, 0) is 25.2 Å². The van der Waals surface area contributed by atoms with Crippen LogP contribution in [0.3, 0.4) is 0 Å². The third-order valence-electron chi connectivity index (χ3n) is 3.55. The highest BCUT2D eigenvalue weighted by atomic mass is 19.2. The topological polar surface area (TPSA) is 49.0 Å². The average molecular weight is 315 g/mol. The molecule has 0 radical (unpaired) electrons. The van der Waals surface area contributed by atoms with E-state index in [-0.39, 0.29) is 17.7 Å². The molecule has 118 valence electrons. The molecule has 0 saturated heterocycles. The maximum atomic E-state index is 13.7. The molecule has 0 unspecified atom stereocenters. The standard InChI is InChI=1S/C17H15F2N3O/c1-22(9-11-5-4-7-13(18)16(11)19)10-15-20-14-8-3-2-6-12(14)17(23)21-15/h2-8H,9-10H2,1H3,(H,20,21,23). The molecular formula is C17H15F2N3O. The van der Waals surface area contributed by atoms with Crippen molar-refractivity contribution in [2.75, 3.05) is 7.05 Å². The summed E-state index contributed by atoms with van der Waals surface area (Å²) in [5, 5.41) is 0.523. The predicted molar refractivity (Wildman–Crippen MR) is 83.9 cm³/mol. The lowest BCUT2D eigenvalue weighted by Gasteiger charge is -2.16. The summed E-state index contributed by atoms with van der Waals surface area (Å²) in [5.41, 5.74) is 0.656. The molecular weight excluding hydrogens is 300 g/mol. The van der Waals surface area contributed by atoms with E-state index in [1.54, 1.807) is 30.1 Å². The van der Waals surface area contributed by atoms with E-state index in [4.69, 9.17) is 0 Å². The van der Waals surface area contributed by atoms with Crippen molar-refractivity contribution in [2.24, 2.45) is 0 Å². The van der Waals surface area contributed by atoms with Gasteiger partial charge in [-0.15, -0.1) is 0 Å². The van der Waals surface area contributed by atoms with E-state index in [9.17, 15) is 13.6 Å². The zero-order valence-electron chi connectivity index (χ0n) is 12.5. The molecule has 0 aliphatic rings. The van der Waals surface area contributed by atoms with Gasteiger partial charge in [-0.2, -0.15) is 0 Å². The van der Waals surface area contributed by atoms with Gasteiger partial charge in [-0.3, -0.25) is 9.69 Å². The van der Waals surface area contributed by atoms with Crippen molar-refractivity contribution < 1.29 is 8.78 Å². The van der Waals surface area contributed by atoms with E-state index in [1.165, 1.54) is 12.1 Å². The minimum atomic E-state index is -0.867. The summed E-state index contributed by atoms with van der Waals surface area (Å²) in [5.74, 6) is -1.24. The number of para-hydroxylation sites is 1. The number of halogens is 2. The lowest BCUT2D eigenvalue weighted by atomic mass is 10.2. The molecule has 0 aliphatic carbocycles. The van der Waals surface area contributed by atoms with Crippen molar-refractivity contribution in [3.63, 3.8) is 0 Å². The van der Waals surface area contributed by atoms with Crippen molar-refractivity contribution in [1.29, 1.82) is 0 Å². The van der Waals surface area contributed by atoms with Crippen molar-refractivity contribution in [3.05, 3.63) is 75.8 Å². The molecule has 2 aromatic carbocycles. The second-order valence-corrected chi connectivity index (χ2v) is 5.42. The van der Waals surface area contributed by atoms with Gasteiger partial charge >= 0.3 is 0 Å². The number of fused-ring (bicyclic) bond motifs is 1. The summed E-state index contributed by atoms with van der Waals surface area (Å²) in [6, 6.07) is 11.1. The SMILES string of the molecule is CN(Cc1nc2ccccc2c(=O)[nH]1)Cc1cccc(F)c1F. The Hall–Kier alpha value is -2.60. The van der Waals surface area contributed by atoms with Gasteiger partial charge in [-0.1, -0.05) is 24.3 Å². The molecule has 0 atom stereocenters. The second-order valence-electron chi connectivity index (χ2n) is 5.42. The number of hydrogen-bond donors (Lipinski definition) is 1. The highest BCUT2D eigenvalue weighted by molar-refractivity contribution is 5.77. The van der Waals surface area contributed by atoms with Crippen LogP contribution in [0.4, 0.5) is 8.78 Å². The first kappa shape index (κ1) is 15.3. The second kappa shape index (κ2) is 6.26. The van der Waals surface area contributed by atoms with Crippen molar-refractivity contribution in [1.82, 2.24) is 14.9 Å². The Morgan fingerprint density at radius 1 is 1.09 bits per heavy atom. The number of benzene rings is 2. The normalized spacial score (nSPS) is 11.3. The van der Waals surface area contributed by atoms with Crippen molar-refractivity contribution >= 4 is 10.9 Å². The zero-order valence-corrected chi connectivity index (χ0v) is 12.5. The Morgan fingerprint density at radius 2 is 1.87 bits per heavy atom. The molecule has 3 aromatic rings. The fourth-order valence-corrected chi connectivity index (χ4v) is 2.48. The summed E-state index contributed by atoms with van der Waals surface area (Å²) in [4.78, 5) is 20.9. The van der Waals surface area contributed by atoms with Crippen LogP contribution in [0.2, 0.25) is 0 Å². The molecule has 1 heterocycles. The van der Waals surface area contributed by atoms with Crippen LogP contribution in [0.5, 0.6) is 0 Å². The molecule has 0 amide bonds. The Balaban J connectivity index is 1.81. The number of hydrogen-bond acceptors (Lipinski definition) is 3. The van der Waals surface area contributed by atoms with Crippen LogP contribution < -0.4 is 5.56 Å². The smallest absolute Gasteiger partial charge is 0.258 e. The maximum absolute atomic E-state index is 13.7. The molecule has 3 rings (SSSR count). The fraction of sp³-hybridized carbons (Fsp3) is 0.176. The monoisotopic (exact) mass is 315 g/mol. The van der Waals surface area contributed by atoms with Crippen LogP contribution in [0.25, 0.3) is 10.9 Å². The van der Waals surface area contributed by atoms with Crippen molar-refractivity contribution in [3.8, 4) is 0 Å². The zero-order chi connectivity index (χ0) is 16.4. The minimum absolute atomic E-state index is 0.208. The summed E-state index contributed by atoms with van der Waals surface area (Å²) in [6.45, 7) is 0.524. The molecule has 1 aromatic heterocycles. The van der Waals surface area contributed by atoms with E-state index in [0.29, 0.717) is 23.3 Å². The van der Waals surface area contributed by atoms with Gasteiger partial charge in [0.05, 0.1) is 17.4 Å². The van der Waals surface area contributed by atoms with E-state index in [1.807, 2.05) is 6.07 Å². The lowest BCUT2D eigenvalue weighted by Crippen LogP contribution is -2.22. The fourth-order valence-electron chi connectivity index (χ4n) is 2.48. The van der Waals surface area contributed by atoms with Gasteiger partial charge in [0.15, 0.2) is 11.6 Å². The Kier molecular flexibility index (Phi) is 4.16. The highest BCUT2D eigenvalue weighted by Crippen LogP contribution is 2.14. The number of nitrogens with zero attached hydrogens (tertiary/aromatic N) is 2. The first-order chi connectivity index (χ1) is 11.0. The van der Waals surface area contributed by atoms with Crippen LogP contribution in [0, 0.1) is 11.6 Å². The number of aromatic amines is 1. The van der Waals surface area contributed by atoms with E-state index in [2.05, 4.69) is 9.97 Å². The molecule has 0 spiro atoms. The predicted octanol–water partition coefficient (Wildman–Crippen LogP) is 2.83. The number of H-pyrrole nitrogens is 1. The van der Waals surface area contributed by atoms with Gasteiger partial charge in [0, 0.05) is 12.1 Å². The van der Waals surface area contributed by atoms with Crippen LogP contribution in [-0.2, 0) is 13.1 Å². The third-order valence-corrected chi connectivity index (χ3v) is 3.55. The molecule has 0 saturated carbocycles. The summed E-state index contributed by atoms with van der Waals surface area (Å²) >= 11 is 0. The molecule has 0 fully saturated rings. The maximum Gasteiger partial charge on any atom is 0.258 e. The first-order valence-electron chi connectivity index (χ1n) is 7.14. The summed E-state index contributed by atoms with van der Waals surface area (Å²) in [7, 11) is 1.75. The molecule has 6 heteroatoms. The number of nitrogens with one attached hydrogen (secondary N) is 1. The molecule has 1 N–H and O–H groups in total. The largest absolute Gasteiger partial charge is 0.309 e. The summed E-state index contributed by atoms with van der Waals surface area (Å²) < 4.78 is 26.9. The van der Waals surface area contributed by atoms with Crippen LogP contribution in [-0.4, -0.2) is 21.9 Å². The van der Waals surface area contributed by atoms with Crippen LogP contribution >= 0.6 is 0 Å². The van der Waals surface area contributed by atoms with Gasteiger partial charge in [0.25, 0.3) is 5.56 Å². The molecule has 23 heavy (non-hydrogen) atoms. The van der Waals surface area contributed by atoms with E-state index < -0.39 is 11.6 Å². The van der Waals surface area contributed by atoms with Crippen LogP contribution in [0.1, 0.15) is 11.4 Å². The van der Waals surface area contributed by atoms with Gasteiger partial charge < -0.3 is 4.98 Å². The van der Waals surface area contributed by atoms with Gasteiger partial charge in [0.2, 0.25) is 0 Å². The Morgan fingerprint density at radius 3 is 2.70 bits per heavy atom. The minimum Gasteiger partial charge on any atom is -0.309 e. The number of aromatic nitrogens is 2. The quantitative estimate of drug-likeness (QED) is 0.805. The average Bonchev–Trinajstić information content (AvgIpc) is 2.52. The Bertz CT molecular complexity index is 908. The van der Waals surface area contributed by atoms with E-state index in [0.717, 1.165) is 6.07 Å². The lowest BCUT2D eigenvalue weighted by molar-refractivity contribution is 0.303. The van der Waals surface area contributed by atoms with Crippen molar-refractivity contribution in [2.45, 2.75) is 13.1 Å². The van der Waals surface area contributed by atoms with Crippen LogP contribution in [0.15, 0.2) is 47.3 Å². The Labute approximate surface area is 131 Å². The molecule has 0 bridgehead atoms. The molecule has 0 aliphatic heterocycles. The highest BCUT2D eigenvalue weighted by Gasteiger charge is 2.11. The van der Waals surface area contributed by atoms with E-state index >= 15 is 0 Å². The van der Waals surface area contributed by atoms with Gasteiger partial charge in [0.1, 0.15) is 5.82 Å². The third kappa shape index (κ3) is 3.27.